The van der Waals surface area contributed by atoms with E-state index in [1.165, 1.54) is 6.07 Å². The van der Waals surface area contributed by atoms with Crippen LogP contribution in [0.15, 0.2) is 18.2 Å². The first kappa shape index (κ1) is 15.6. The molecule has 0 spiro atoms. The fraction of sp³-hybridized carbons (Fsp3) is 0.455. The van der Waals surface area contributed by atoms with E-state index >= 15 is 0 Å². The Morgan fingerprint density at radius 1 is 1.33 bits per heavy atom. The van der Waals surface area contributed by atoms with Crippen LogP contribution in [0.1, 0.15) is 17.2 Å². The van der Waals surface area contributed by atoms with Crippen LogP contribution in [0.5, 0.6) is 0 Å². The number of nitrogens with one attached hydrogen (secondary N) is 1. The van der Waals surface area contributed by atoms with Gasteiger partial charge in [-0.05, 0) is 23.8 Å². The van der Waals surface area contributed by atoms with Crippen molar-refractivity contribution in [2.75, 3.05) is 19.8 Å². The minimum Gasteiger partial charge on any atom is -0.378 e. The van der Waals surface area contributed by atoms with Crippen LogP contribution < -0.4 is 5.32 Å². The second-order valence-electron chi connectivity index (χ2n) is 3.82. The van der Waals surface area contributed by atoms with Gasteiger partial charge in [0.25, 0.3) is 0 Å². The molecular formula is C11H12Cl2F3NO. The summed E-state index contributed by atoms with van der Waals surface area (Å²) in [5.74, 6) is 0. The second-order valence-corrected chi connectivity index (χ2v) is 4.22. The zero-order valence-corrected chi connectivity index (χ0v) is 10.8. The van der Waals surface area contributed by atoms with Crippen molar-refractivity contribution in [2.45, 2.75) is 12.2 Å². The average Bonchev–Trinajstić information content (AvgIpc) is 2.29. The van der Waals surface area contributed by atoms with Gasteiger partial charge in [0.1, 0.15) is 0 Å². The molecule has 1 aromatic carbocycles. The molecule has 7 heteroatoms. The number of ether oxygens (including phenoxy) is 1. The molecule has 0 amide bonds. The van der Waals surface area contributed by atoms with E-state index in [-0.39, 0.29) is 18.4 Å². The second kappa shape index (κ2) is 6.10. The number of morpholine rings is 1. The summed E-state index contributed by atoms with van der Waals surface area (Å²) in [6.45, 7) is 1.51. The van der Waals surface area contributed by atoms with Crippen molar-refractivity contribution >= 4 is 24.0 Å². The Hall–Kier alpha value is -0.490. The molecule has 0 aromatic heterocycles. The Labute approximate surface area is 114 Å². The maximum absolute atomic E-state index is 12.6. The van der Waals surface area contributed by atoms with Gasteiger partial charge in [-0.25, -0.2) is 0 Å². The van der Waals surface area contributed by atoms with Crippen LogP contribution in [0.25, 0.3) is 0 Å². The monoisotopic (exact) mass is 301 g/mol. The lowest BCUT2D eigenvalue weighted by Gasteiger charge is -2.25. The van der Waals surface area contributed by atoms with E-state index in [9.17, 15) is 13.2 Å². The van der Waals surface area contributed by atoms with Crippen molar-refractivity contribution in [2.24, 2.45) is 0 Å². The van der Waals surface area contributed by atoms with Crippen molar-refractivity contribution in [1.82, 2.24) is 5.32 Å². The van der Waals surface area contributed by atoms with Crippen LogP contribution in [0.3, 0.4) is 0 Å². The fourth-order valence-electron chi connectivity index (χ4n) is 1.75. The van der Waals surface area contributed by atoms with Gasteiger partial charge < -0.3 is 10.1 Å². The van der Waals surface area contributed by atoms with Crippen molar-refractivity contribution < 1.29 is 17.9 Å². The molecule has 2 rings (SSSR count). The molecule has 1 heterocycles. The normalized spacial score (nSPS) is 20.3. The third-order valence-corrected chi connectivity index (χ3v) is 2.96. The molecule has 1 unspecified atom stereocenters. The minimum atomic E-state index is -4.35. The average molecular weight is 302 g/mol. The topological polar surface area (TPSA) is 21.3 Å². The van der Waals surface area contributed by atoms with Gasteiger partial charge in [-0.1, -0.05) is 11.6 Å². The van der Waals surface area contributed by atoms with E-state index in [2.05, 4.69) is 5.32 Å². The molecule has 1 N–H and O–H groups in total. The van der Waals surface area contributed by atoms with E-state index in [0.29, 0.717) is 30.3 Å². The minimum absolute atomic E-state index is 0. The summed E-state index contributed by atoms with van der Waals surface area (Å²) in [6, 6.07) is 3.05. The number of benzene rings is 1. The molecular weight excluding hydrogens is 290 g/mol. The van der Waals surface area contributed by atoms with Crippen molar-refractivity contribution in [3.05, 3.63) is 34.3 Å². The lowest BCUT2D eigenvalue weighted by atomic mass is 10.0. The number of rotatable bonds is 1. The summed E-state index contributed by atoms with van der Waals surface area (Å²) >= 11 is 5.92. The maximum Gasteiger partial charge on any atom is 0.416 e. The Morgan fingerprint density at radius 2 is 2.06 bits per heavy atom. The van der Waals surface area contributed by atoms with Crippen LogP contribution in [-0.4, -0.2) is 19.8 Å². The van der Waals surface area contributed by atoms with Gasteiger partial charge in [-0.15, -0.1) is 12.4 Å². The number of hydrogen-bond acceptors (Lipinski definition) is 2. The molecule has 1 aliphatic rings. The zero-order chi connectivity index (χ0) is 12.5. The molecule has 1 saturated heterocycles. The van der Waals surface area contributed by atoms with Gasteiger partial charge in [0.05, 0.1) is 24.8 Å². The van der Waals surface area contributed by atoms with Gasteiger partial charge in [0.2, 0.25) is 0 Å². The number of hydrogen-bond donors (Lipinski definition) is 1. The Bertz CT molecular complexity index is 406. The molecule has 0 aliphatic carbocycles. The first-order valence-electron chi connectivity index (χ1n) is 5.16. The first-order chi connectivity index (χ1) is 7.98. The molecule has 1 fully saturated rings. The summed E-state index contributed by atoms with van der Waals surface area (Å²) in [7, 11) is 0. The molecule has 1 aliphatic heterocycles. The number of halogens is 5. The summed E-state index contributed by atoms with van der Waals surface area (Å²) < 4.78 is 42.9. The molecule has 102 valence electrons. The molecule has 18 heavy (non-hydrogen) atoms. The summed E-state index contributed by atoms with van der Waals surface area (Å²) in [4.78, 5) is 0. The SMILES string of the molecule is Cl.FC(F)(F)c1ccc(Cl)c(C2COCCN2)c1. The van der Waals surface area contributed by atoms with E-state index in [1.807, 2.05) is 0 Å². The summed E-state index contributed by atoms with van der Waals surface area (Å²) in [5, 5.41) is 3.40. The standard InChI is InChI=1S/C11H11ClF3NO.ClH/c12-9-2-1-7(11(13,14)15)5-8(9)10-6-17-4-3-16-10;/h1-2,5,10,16H,3-4,6H2;1H. The highest BCUT2D eigenvalue weighted by molar-refractivity contribution is 6.31. The maximum atomic E-state index is 12.6. The van der Waals surface area contributed by atoms with Gasteiger partial charge in [0, 0.05) is 11.6 Å². The molecule has 0 saturated carbocycles. The van der Waals surface area contributed by atoms with Gasteiger partial charge >= 0.3 is 6.18 Å². The predicted molar refractivity (Wildman–Crippen MR) is 65.3 cm³/mol. The summed E-state index contributed by atoms with van der Waals surface area (Å²) in [5.41, 5.74) is -0.259. The van der Waals surface area contributed by atoms with Crippen LogP contribution in [0.2, 0.25) is 5.02 Å². The first-order valence-corrected chi connectivity index (χ1v) is 5.54. The van der Waals surface area contributed by atoms with E-state index in [4.69, 9.17) is 16.3 Å². The fourth-order valence-corrected chi connectivity index (χ4v) is 2.00. The highest BCUT2D eigenvalue weighted by Crippen LogP contribution is 2.34. The van der Waals surface area contributed by atoms with E-state index in [0.717, 1.165) is 12.1 Å². The lowest BCUT2D eigenvalue weighted by Crippen LogP contribution is -2.34. The molecule has 0 bridgehead atoms. The van der Waals surface area contributed by atoms with Gasteiger partial charge in [0.15, 0.2) is 0 Å². The van der Waals surface area contributed by atoms with Gasteiger partial charge in [-0.2, -0.15) is 13.2 Å². The van der Waals surface area contributed by atoms with Crippen LogP contribution in [0, 0.1) is 0 Å². The zero-order valence-electron chi connectivity index (χ0n) is 9.26. The van der Waals surface area contributed by atoms with Crippen molar-refractivity contribution in [3.8, 4) is 0 Å². The lowest BCUT2D eigenvalue weighted by molar-refractivity contribution is -0.137. The Kier molecular flexibility index (Phi) is 5.28. The smallest absolute Gasteiger partial charge is 0.378 e. The third kappa shape index (κ3) is 3.51. The van der Waals surface area contributed by atoms with Crippen molar-refractivity contribution in [3.63, 3.8) is 0 Å². The predicted octanol–water partition coefficient (Wildman–Crippen LogP) is 3.44. The van der Waals surface area contributed by atoms with Crippen LogP contribution in [-0.2, 0) is 10.9 Å². The van der Waals surface area contributed by atoms with Crippen LogP contribution in [0.4, 0.5) is 13.2 Å². The molecule has 1 atom stereocenters. The molecule has 1 aromatic rings. The number of alkyl halides is 3. The van der Waals surface area contributed by atoms with E-state index in [1.54, 1.807) is 0 Å². The Morgan fingerprint density at radius 3 is 2.61 bits per heavy atom. The van der Waals surface area contributed by atoms with Crippen LogP contribution >= 0.6 is 24.0 Å². The highest BCUT2D eigenvalue weighted by atomic mass is 35.5. The van der Waals surface area contributed by atoms with Gasteiger partial charge in [-0.3, -0.25) is 0 Å². The largest absolute Gasteiger partial charge is 0.416 e. The third-order valence-electron chi connectivity index (χ3n) is 2.62. The summed E-state index contributed by atoms with van der Waals surface area (Å²) in [6.07, 6.45) is -4.35. The Balaban J connectivity index is 0.00000162. The molecule has 2 nitrogen and oxygen atoms in total. The molecule has 0 radical (unpaired) electrons. The van der Waals surface area contributed by atoms with E-state index < -0.39 is 11.7 Å². The quantitative estimate of drug-likeness (QED) is 0.858. The van der Waals surface area contributed by atoms with Crippen molar-refractivity contribution in [1.29, 1.82) is 0 Å². The highest BCUT2D eigenvalue weighted by Gasteiger charge is 2.32.